The highest BCUT2D eigenvalue weighted by Crippen LogP contribution is 2.60. The summed E-state index contributed by atoms with van der Waals surface area (Å²) in [4.78, 5) is 53.7. The van der Waals surface area contributed by atoms with Crippen molar-refractivity contribution in [2.24, 2.45) is 11.3 Å². The van der Waals surface area contributed by atoms with E-state index in [1.807, 2.05) is 20.8 Å². The van der Waals surface area contributed by atoms with Crippen LogP contribution in [0.5, 0.6) is 0 Å². The first-order chi connectivity index (χ1) is 20.0. The summed E-state index contributed by atoms with van der Waals surface area (Å²) in [6.07, 6.45) is 5.81. The van der Waals surface area contributed by atoms with Crippen LogP contribution < -0.4 is 10.6 Å². The predicted molar refractivity (Wildman–Crippen MR) is 154 cm³/mol. The quantitative estimate of drug-likeness (QED) is 0.161. The number of amides is 3. The van der Waals surface area contributed by atoms with Crippen molar-refractivity contribution in [1.29, 1.82) is 0 Å². The molecule has 3 amide bonds. The Bertz CT molecular complexity index is 1200. The van der Waals surface area contributed by atoms with Crippen molar-refractivity contribution in [2.45, 2.75) is 89.2 Å². The predicted octanol–water partition coefficient (Wildman–Crippen LogP) is 4.65. The highest BCUT2D eigenvalue weighted by molar-refractivity contribution is 7.41. The number of ether oxygens (including phenoxy) is 2. The molecule has 1 saturated heterocycles. The van der Waals surface area contributed by atoms with Crippen LogP contribution in [-0.4, -0.2) is 65.6 Å². The lowest BCUT2D eigenvalue weighted by Gasteiger charge is -2.35. The first-order valence-electron chi connectivity index (χ1n) is 14.5. The molecule has 2 N–H and O–H groups in total. The van der Waals surface area contributed by atoms with Gasteiger partial charge in [0.15, 0.2) is 0 Å². The van der Waals surface area contributed by atoms with Crippen molar-refractivity contribution in [1.82, 2.24) is 15.5 Å². The molecule has 1 aromatic carbocycles. The monoisotopic (exact) mass is 602 g/mol. The molecular formula is C30H41N3O8P+. The van der Waals surface area contributed by atoms with Crippen molar-refractivity contribution in [3.63, 3.8) is 0 Å². The molecule has 12 heteroatoms. The minimum absolute atomic E-state index is 0.148. The zero-order valence-corrected chi connectivity index (χ0v) is 25.4. The molecule has 4 unspecified atom stereocenters. The maximum Gasteiger partial charge on any atom is 0.540 e. The molecule has 2 aliphatic carbocycles. The molecule has 2 saturated carbocycles. The van der Waals surface area contributed by atoms with E-state index in [0.717, 1.165) is 25.7 Å². The van der Waals surface area contributed by atoms with Crippen molar-refractivity contribution >= 4 is 31.9 Å². The number of nitrogens with one attached hydrogen (secondary N) is 2. The topological polar surface area (TPSA) is 140 Å². The van der Waals surface area contributed by atoms with Crippen LogP contribution in [-0.2, 0) is 28.2 Å². The van der Waals surface area contributed by atoms with Crippen LogP contribution in [0.4, 0.5) is 4.79 Å². The number of benzene rings is 1. The molecule has 4 rings (SSSR count). The third-order valence-corrected chi connectivity index (χ3v) is 9.71. The van der Waals surface area contributed by atoms with Gasteiger partial charge in [0.05, 0.1) is 11.5 Å². The van der Waals surface area contributed by atoms with Gasteiger partial charge in [-0.05, 0) is 60.6 Å². The number of nitrogens with zero attached hydrogens (tertiary/aromatic N) is 1. The third kappa shape index (κ3) is 7.36. The standard InChI is InChI=1S/C30H40N3O8P/c1-5-21-18-30(21,42(38)40-19-39-27(36)20-12-7-6-8-13-20)32-25(34)23-16-11-17-33(23)26(35)24(29(2,3)4)31-28(37)41-22-14-9-10-15-22/h5-8,12-13,21-24H,1,9-11,14-19H2,2-4H3,(H-,31,32,34,37)/p+1/t21?,23?,24?,30-/m0/s1. The van der Waals surface area contributed by atoms with Crippen LogP contribution in [0.3, 0.4) is 0 Å². The van der Waals surface area contributed by atoms with E-state index in [1.165, 1.54) is 4.90 Å². The van der Waals surface area contributed by atoms with Crippen molar-refractivity contribution in [3.05, 3.63) is 48.6 Å². The lowest BCUT2D eigenvalue weighted by Crippen LogP contribution is -2.58. The van der Waals surface area contributed by atoms with Crippen molar-refractivity contribution in [2.75, 3.05) is 13.3 Å². The molecule has 5 atom stereocenters. The fraction of sp³-hybridized carbons (Fsp3) is 0.600. The second-order valence-corrected chi connectivity index (χ2v) is 13.8. The van der Waals surface area contributed by atoms with E-state index in [0.29, 0.717) is 31.4 Å². The maximum absolute atomic E-state index is 13.8. The van der Waals surface area contributed by atoms with Gasteiger partial charge in [-0.1, -0.05) is 45.0 Å². The lowest BCUT2D eigenvalue weighted by molar-refractivity contribution is -0.142. The second kappa shape index (κ2) is 13.3. The van der Waals surface area contributed by atoms with E-state index in [4.69, 9.17) is 14.0 Å². The number of rotatable bonds is 11. The van der Waals surface area contributed by atoms with Gasteiger partial charge < -0.3 is 25.0 Å². The van der Waals surface area contributed by atoms with E-state index in [-0.39, 0.29) is 17.9 Å². The Balaban J connectivity index is 1.38. The Labute approximate surface area is 247 Å². The van der Waals surface area contributed by atoms with Gasteiger partial charge in [0.2, 0.25) is 18.6 Å². The first-order valence-corrected chi connectivity index (χ1v) is 15.7. The SMILES string of the molecule is C=CC1C[C@]1(NC(=O)C1CCCN1C(=O)C(NC(=O)OC1CCCC1)C(C)(C)C)[P+](=O)OCOC(=O)c1ccccc1. The second-order valence-electron chi connectivity index (χ2n) is 12.2. The molecular weight excluding hydrogens is 561 g/mol. The largest absolute Gasteiger partial charge is 0.540 e. The molecule has 0 radical (unpaired) electrons. The molecule has 11 nitrogen and oxygen atoms in total. The van der Waals surface area contributed by atoms with Crippen LogP contribution in [0.2, 0.25) is 0 Å². The molecule has 42 heavy (non-hydrogen) atoms. The normalized spacial score (nSPS) is 24.8. The molecule has 0 bridgehead atoms. The molecule has 1 aromatic rings. The van der Waals surface area contributed by atoms with Crippen molar-refractivity contribution in [3.8, 4) is 0 Å². The first kappa shape index (κ1) is 31.6. The van der Waals surface area contributed by atoms with Crippen LogP contribution >= 0.6 is 8.03 Å². The Kier molecular flexibility index (Phi) is 10.0. The minimum atomic E-state index is -2.49. The van der Waals surface area contributed by atoms with E-state index in [2.05, 4.69) is 17.2 Å². The summed E-state index contributed by atoms with van der Waals surface area (Å²) in [5.41, 5.74) is -0.314. The van der Waals surface area contributed by atoms with Gasteiger partial charge in [-0.15, -0.1) is 11.1 Å². The van der Waals surface area contributed by atoms with Crippen LogP contribution in [0.15, 0.2) is 43.0 Å². The number of hydrogen-bond donors (Lipinski definition) is 2. The summed E-state index contributed by atoms with van der Waals surface area (Å²) in [5.74, 6) is -1.76. The van der Waals surface area contributed by atoms with Gasteiger partial charge in [-0.3, -0.25) is 9.59 Å². The Morgan fingerprint density at radius 1 is 1.12 bits per heavy atom. The number of hydrogen-bond acceptors (Lipinski definition) is 8. The minimum Gasteiger partial charge on any atom is -0.446 e. The van der Waals surface area contributed by atoms with Crippen LogP contribution in [0, 0.1) is 11.3 Å². The van der Waals surface area contributed by atoms with E-state index in [1.54, 1.807) is 36.4 Å². The summed E-state index contributed by atoms with van der Waals surface area (Å²) >= 11 is 0. The number of alkyl carbamates (subject to hydrolysis) is 1. The molecule has 0 spiro atoms. The summed E-state index contributed by atoms with van der Waals surface area (Å²) < 4.78 is 29.2. The molecule has 3 aliphatic rings. The number of likely N-dealkylation sites (tertiary alicyclic amines) is 1. The number of esters is 1. The fourth-order valence-electron chi connectivity index (χ4n) is 5.58. The Hall–Kier alpha value is -3.30. The van der Waals surface area contributed by atoms with Gasteiger partial charge in [0.25, 0.3) is 5.28 Å². The maximum atomic E-state index is 13.8. The molecule has 1 heterocycles. The Morgan fingerprint density at radius 2 is 1.81 bits per heavy atom. The lowest BCUT2D eigenvalue weighted by atomic mass is 9.85. The van der Waals surface area contributed by atoms with E-state index < -0.39 is 55.6 Å². The molecule has 228 valence electrons. The average Bonchev–Trinajstić information content (AvgIpc) is 3.27. The summed E-state index contributed by atoms with van der Waals surface area (Å²) in [6.45, 7) is 9.11. The van der Waals surface area contributed by atoms with Gasteiger partial charge in [0, 0.05) is 13.0 Å². The van der Waals surface area contributed by atoms with Gasteiger partial charge in [-0.25, -0.2) is 9.59 Å². The van der Waals surface area contributed by atoms with Gasteiger partial charge in [-0.2, -0.15) is 0 Å². The zero-order chi connectivity index (χ0) is 30.5. The third-order valence-electron chi connectivity index (χ3n) is 8.09. The number of carbonyl (C=O) groups is 4. The van der Waals surface area contributed by atoms with Crippen molar-refractivity contribution < 1.29 is 37.7 Å². The fourth-order valence-corrected chi connectivity index (χ4v) is 6.88. The smallest absolute Gasteiger partial charge is 0.446 e. The highest BCUT2D eigenvalue weighted by atomic mass is 31.1. The molecule has 3 fully saturated rings. The zero-order valence-electron chi connectivity index (χ0n) is 24.5. The van der Waals surface area contributed by atoms with Gasteiger partial charge in [0.1, 0.15) is 18.2 Å². The summed E-state index contributed by atoms with van der Waals surface area (Å²) in [5, 5.41) is 4.41. The van der Waals surface area contributed by atoms with Crippen LogP contribution in [0.25, 0.3) is 0 Å². The van der Waals surface area contributed by atoms with Gasteiger partial charge >= 0.3 is 20.1 Å². The highest BCUT2D eigenvalue weighted by Gasteiger charge is 2.71. The summed E-state index contributed by atoms with van der Waals surface area (Å²) in [6, 6.07) is 6.62. The summed E-state index contributed by atoms with van der Waals surface area (Å²) in [7, 11) is -2.49. The van der Waals surface area contributed by atoms with Crippen LogP contribution in [0.1, 0.15) is 76.1 Å². The molecule has 0 aromatic heterocycles. The number of carbonyl (C=O) groups excluding carboxylic acids is 4. The molecule has 1 aliphatic heterocycles. The average molecular weight is 603 g/mol. The van der Waals surface area contributed by atoms with E-state index >= 15 is 0 Å². The van der Waals surface area contributed by atoms with E-state index in [9.17, 15) is 23.7 Å². The Morgan fingerprint density at radius 3 is 2.43 bits per heavy atom.